The fourth-order valence-corrected chi connectivity index (χ4v) is 2.83. The van der Waals surface area contributed by atoms with Gasteiger partial charge in [0, 0.05) is 49.7 Å². The second kappa shape index (κ2) is 5.38. The summed E-state index contributed by atoms with van der Waals surface area (Å²) in [5.74, 6) is 2.35. The molecule has 0 fully saturated rings. The van der Waals surface area contributed by atoms with Crippen LogP contribution in [0.15, 0.2) is 35.2 Å². The van der Waals surface area contributed by atoms with Crippen LogP contribution in [0.2, 0.25) is 0 Å². The molecular weight excluding hydrogens is 278 g/mol. The summed E-state index contributed by atoms with van der Waals surface area (Å²) >= 11 is 0. The van der Waals surface area contributed by atoms with E-state index in [2.05, 4.69) is 24.8 Å². The number of imidazole rings is 1. The van der Waals surface area contributed by atoms with Crippen molar-refractivity contribution in [2.75, 3.05) is 6.54 Å². The lowest BCUT2D eigenvalue weighted by Gasteiger charge is -2.27. The molecule has 0 saturated heterocycles. The van der Waals surface area contributed by atoms with Crippen molar-refractivity contribution in [1.29, 1.82) is 0 Å². The van der Waals surface area contributed by atoms with E-state index in [-0.39, 0.29) is 0 Å². The monoisotopic (exact) mass is 295 g/mol. The molecule has 0 atom stereocenters. The van der Waals surface area contributed by atoms with E-state index in [0.29, 0.717) is 5.82 Å². The van der Waals surface area contributed by atoms with E-state index in [0.717, 1.165) is 49.0 Å². The van der Waals surface area contributed by atoms with Crippen LogP contribution in [0.1, 0.15) is 22.8 Å². The smallest absolute Gasteiger partial charge is 0.195 e. The molecule has 4 rings (SSSR count). The Labute approximate surface area is 128 Å². The summed E-state index contributed by atoms with van der Waals surface area (Å²) in [6, 6.07) is 3.74. The Bertz CT molecular complexity index is 778. The molecule has 22 heavy (non-hydrogen) atoms. The van der Waals surface area contributed by atoms with Gasteiger partial charge in [0.05, 0.1) is 12.0 Å². The lowest BCUT2D eigenvalue weighted by molar-refractivity contribution is 0.240. The molecule has 0 amide bonds. The Morgan fingerprint density at radius 2 is 2.27 bits per heavy atom. The number of aromatic nitrogens is 4. The minimum Gasteiger partial charge on any atom is -0.461 e. The number of aryl methyl sites for hydroxylation is 1. The largest absolute Gasteiger partial charge is 0.461 e. The van der Waals surface area contributed by atoms with Gasteiger partial charge in [-0.1, -0.05) is 0 Å². The number of nitrogens with zero attached hydrogens (tertiary/aromatic N) is 4. The molecule has 1 aliphatic rings. The van der Waals surface area contributed by atoms with E-state index in [1.54, 1.807) is 6.26 Å². The topological polar surface area (TPSA) is 70.8 Å². The van der Waals surface area contributed by atoms with Crippen molar-refractivity contribution < 1.29 is 4.42 Å². The maximum Gasteiger partial charge on any atom is 0.195 e. The lowest BCUT2D eigenvalue weighted by atomic mass is 10.1. The number of hydrogen-bond donors (Lipinski definition) is 1. The van der Waals surface area contributed by atoms with Gasteiger partial charge in [-0.2, -0.15) is 0 Å². The maximum atomic E-state index is 5.37. The molecule has 0 saturated carbocycles. The van der Waals surface area contributed by atoms with Gasteiger partial charge in [-0.15, -0.1) is 0 Å². The number of furan rings is 1. The summed E-state index contributed by atoms with van der Waals surface area (Å²) in [6.45, 7) is 4.70. The number of nitrogens with one attached hydrogen (secondary N) is 1. The highest BCUT2D eigenvalue weighted by molar-refractivity contribution is 5.46. The molecule has 6 heteroatoms. The predicted octanol–water partition coefficient (Wildman–Crippen LogP) is 2.33. The molecule has 0 unspecified atom stereocenters. The summed E-state index contributed by atoms with van der Waals surface area (Å²) in [7, 11) is 0. The van der Waals surface area contributed by atoms with Crippen LogP contribution in [0.25, 0.3) is 11.6 Å². The van der Waals surface area contributed by atoms with Crippen molar-refractivity contribution in [3.63, 3.8) is 0 Å². The average molecular weight is 295 g/mol. The second-order valence-corrected chi connectivity index (χ2v) is 5.60. The van der Waals surface area contributed by atoms with Crippen LogP contribution in [-0.4, -0.2) is 31.4 Å². The molecule has 1 N–H and O–H groups in total. The SMILES string of the molecule is Cc1ncc(CN2CCc3nc(-c4ccco4)ncc3C2)[nH]1. The van der Waals surface area contributed by atoms with Crippen molar-refractivity contribution in [2.45, 2.75) is 26.4 Å². The normalized spacial score (nSPS) is 15.0. The van der Waals surface area contributed by atoms with Crippen LogP contribution in [0.5, 0.6) is 0 Å². The molecule has 0 aromatic carbocycles. The van der Waals surface area contributed by atoms with Gasteiger partial charge in [-0.3, -0.25) is 4.90 Å². The van der Waals surface area contributed by atoms with Crippen LogP contribution < -0.4 is 0 Å². The molecular formula is C16H17N5O. The Balaban J connectivity index is 1.52. The van der Waals surface area contributed by atoms with Gasteiger partial charge in [0.1, 0.15) is 5.82 Å². The maximum absolute atomic E-state index is 5.37. The number of fused-ring (bicyclic) bond motifs is 1. The van der Waals surface area contributed by atoms with Gasteiger partial charge < -0.3 is 9.40 Å². The molecule has 1 aliphatic heterocycles. The Kier molecular flexibility index (Phi) is 3.23. The van der Waals surface area contributed by atoms with Crippen molar-refractivity contribution >= 4 is 0 Å². The van der Waals surface area contributed by atoms with E-state index < -0.39 is 0 Å². The molecule has 112 valence electrons. The molecule has 0 radical (unpaired) electrons. The Hall–Kier alpha value is -2.47. The number of aromatic amines is 1. The van der Waals surface area contributed by atoms with E-state index in [4.69, 9.17) is 4.42 Å². The summed E-state index contributed by atoms with van der Waals surface area (Å²) in [5, 5.41) is 0. The zero-order valence-electron chi connectivity index (χ0n) is 12.4. The van der Waals surface area contributed by atoms with Gasteiger partial charge in [0.15, 0.2) is 11.6 Å². The van der Waals surface area contributed by atoms with Crippen LogP contribution in [0.4, 0.5) is 0 Å². The molecule has 0 aliphatic carbocycles. The molecule has 0 spiro atoms. The van der Waals surface area contributed by atoms with Crippen LogP contribution in [0.3, 0.4) is 0 Å². The molecule has 4 heterocycles. The van der Waals surface area contributed by atoms with Crippen molar-refractivity contribution in [3.05, 3.63) is 53.6 Å². The van der Waals surface area contributed by atoms with Crippen molar-refractivity contribution in [2.24, 2.45) is 0 Å². The first kappa shape index (κ1) is 13.2. The Morgan fingerprint density at radius 3 is 3.05 bits per heavy atom. The standard InChI is InChI=1S/C16H17N5O/c1-11-17-8-13(19-11)10-21-5-4-14-12(9-21)7-18-16(20-14)15-3-2-6-22-15/h2-3,6-8H,4-5,9-10H2,1H3,(H,17,19). The van der Waals surface area contributed by atoms with Gasteiger partial charge in [0.25, 0.3) is 0 Å². The van der Waals surface area contributed by atoms with E-state index >= 15 is 0 Å². The molecule has 6 nitrogen and oxygen atoms in total. The zero-order valence-corrected chi connectivity index (χ0v) is 12.4. The van der Waals surface area contributed by atoms with Crippen molar-refractivity contribution in [1.82, 2.24) is 24.8 Å². The highest BCUT2D eigenvalue weighted by Crippen LogP contribution is 2.22. The molecule has 0 bridgehead atoms. The summed E-state index contributed by atoms with van der Waals surface area (Å²) in [6.07, 6.45) is 6.40. The third-order valence-electron chi connectivity index (χ3n) is 3.90. The van der Waals surface area contributed by atoms with Crippen LogP contribution >= 0.6 is 0 Å². The lowest BCUT2D eigenvalue weighted by Crippen LogP contribution is -2.31. The minimum atomic E-state index is 0.668. The first-order valence-electron chi connectivity index (χ1n) is 7.39. The quantitative estimate of drug-likeness (QED) is 0.803. The number of H-pyrrole nitrogens is 1. The minimum absolute atomic E-state index is 0.668. The molecule has 3 aromatic rings. The summed E-state index contributed by atoms with van der Waals surface area (Å²) in [4.78, 5) is 19.0. The summed E-state index contributed by atoms with van der Waals surface area (Å²) < 4.78 is 5.37. The summed E-state index contributed by atoms with van der Waals surface area (Å²) in [5.41, 5.74) is 3.46. The molecule has 3 aromatic heterocycles. The fourth-order valence-electron chi connectivity index (χ4n) is 2.83. The van der Waals surface area contributed by atoms with Crippen molar-refractivity contribution in [3.8, 4) is 11.6 Å². The average Bonchev–Trinajstić information content (AvgIpc) is 3.19. The Morgan fingerprint density at radius 1 is 1.32 bits per heavy atom. The third-order valence-corrected chi connectivity index (χ3v) is 3.90. The van der Waals surface area contributed by atoms with Gasteiger partial charge in [-0.25, -0.2) is 15.0 Å². The predicted molar refractivity (Wildman–Crippen MR) is 80.9 cm³/mol. The van der Waals surface area contributed by atoms with E-state index in [9.17, 15) is 0 Å². The third kappa shape index (κ3) is 2.53. The number of hydrogen-bond acceptors (Lipinski definition) is 5. The van der Waals surface area contributed by atoms with E-state index in [1.165, 1.54) is 5.56 Å². The van der Waals surface area contributed by atoms with E-state index in [1.807, 2.05) is 31.5 Å². The fraction of sp³-hybridized carbons (Fsp3) is 0.312. The van der Waals surface area contributed by atoms with Gasteiger partial charge >= 0.3 is 0 Å². The first-order valence-corrected chi connectivity index (χ1v) is 7.39. The first-order chi connectivity index (χ1) is 10.8. The highest BCUT2D eigenvalue weighted by Gasteiger charge is 2.19. The van der Waals surface area contributed by atoms with Crippen LogP contribution in [0, 0.1) is 6.92 Å². The van der Waals surface area contributed by atoms with Gasteiger partial charge in [0.2, 0.25) is 0 Å². The highest BCUT2D eigenvalue weighted by atomic mass is 16.3. The second-order valence-electron chi connectivity index (χ2n) is 5.60. The number of rotatable bonds is 3. The zero-order chi connectivity index (χ0) is 14.9. The van der Waals surface area contributed by atoms with Crippen LogP contribution in [-0.2, 0) is 19.5 Å². The van der Waals surface area contributed by atoms with Gasteiger partial charge in [-0.05, 0) is 19.1 Å².